The van der Waals surface area contributed by atoms with Crippen LogP contribution in [0.2, 0.25) is 0 Å². The number of ether oxygens (including phenoxy) is 1. The van der Waals surface area contributed by atoms with Gasteiger partial charge in [-0.15, -0.1) is 0 Å². The van der Waals surface area contributed by atoms with Crippen LogP contribution in [0.25, 0.3) is 0 Å². The molecule has 2 saturated carbocycles. The van der Waals surface area contributed by atoms with Gasteiger partial charge in [0.1, 0.15) is 0 Å². The Labute approximate surface area is 131 Å². The predicted octanol–water partition coefficient (Wildman–Crippen LogP) is 3.63. The van der Waals surface area contributed by atoms with Crippen molar-refractivity contribution in [1.82, 2.24) is 0 Å². The van der Waals surface area contributed by atoms with E-state index in [1.165, 1.54) is 25.7 Å². The largest absolute Gasteiger partial charge is 0.462 e. The number of carbonyl (C=O) groups is 2. The Morgan fingerprint density at radius 1 is 1.27 bits per heavy atom. The van der Waals surface area contributed by atoms with Crippen LogP contribution < -0.4 is 5.32 Å². The first-order valence-corrected chi connectivity index (χ1v) is 8.22. The summed E-state index contributed by atoms with van der Waals surface area (Å²) < 4.78 is 4.98. The minimum atomic E-state index is -0.355. The number of esters is 1. The van der Waals surface area contributed by atoms with Gasteiger partial charge >= 0.3 is 5.97 Å². The van der Waals surface area contributed by atoms with E-state index in [9.17, 15) is 9.59 Å². The Morgan fingerprint density at radius 2 is 2.14 bits per heavy atom. The molecule has 1 aromatic rings. The Balaban J connectivity index is 1.57. The molecule has 0 aromatic heterocycles. The lowest BCUT2D eigenvalue weighted by Crippen LogP contribution is -2.20. The highest BCUT2D eigenvalue weighted by Crippen LogP contribution is 2.49. The monoisotopic (exact) mass is 301 g/mol. The van der Waals surface area contributed by atoms with E-state index < -0.39 is 0 Å². The van der Waals surface area contributed by atoms with E-state index in [0.717, 1.165) is 11.8 Å². The van der Waals surface area contributed by atoms with E-state index in [1.54, 1.807) is 31.2 Å². The number of amides is 1. The number of carbonyl (C=O) groups excluding carboxylic acids is 2. The van der Waals surface area contributed by atoms with Crippen LogP contribution in [0.5, 0.6) is 0 Å². The second kappa shape index (κ2) is 6.51. The zero-order chi connectivity index (χ0) is 15.5. The van der Waals surface area contributed by atoms with Crippen molar-refractivity contribution in [2.24, 2.45) is 17.8 Å². The molecule has 0 heterocycles. The van der Waals surface area contributed by atoms with Crippen LogP contribution in [-0.4, -0.2) is 18.5 Å². The number of hydrogen-bond donors (Lipinski definition) is 1. The van der Waals surface area contributed by atoms with Crippen molar-refractivity contribution in [3.63, 3.8) is 0 Å². The third-order valence-electron chi connectivity index (χ3n) is 4.99. The van der Waals surface area contributed by atoms with E-state index in [2.05, 4.69) is 5.32 Å². The minimum Gasteiger partial charge on any atom is -0.462 e. The van der Waals surface area contributed by atoms with E-state index in [0.29, 0.717) is 30.2 Å². The molecule has 1 amide bonds. The summed E-state index contributed by atoms with van der Waals surface area (Å²) in [4.78, 5) is 23.9. The van der Waals surface area contributed by atoms with Crippen molar-refractivity contribution in [2.75, 3.05) is 11.9 Å². The summed E-state index contributed by atoms with van der Waals surface area (Å²) in [5.41, 5.74) is 1.14. The van der Waals surface area contributed by atoms with Gasteiger partial charge in [-0.2, -0.15) is 0 Å². The molecule has 1 N–H and O–H groups in total. The van der Waals surface area contributed by atoms with Crippen LogP contribution >= 0.6 is 0 Å². The SMILES string of the molecule is CCOC(=O)c1cccc(NC(=O)C[C@@H]2C[C@H]3CC[C@@H]2C3)c1. The van der Waals surface area contributed by atoms with Gasteiger partial charge in [0.2, 0.25) is 5.91 Å². The second-order valence-electron chi connectivity index (χ2n) is 6.49. The third kappa shape index (κ3) is 3.32. The number of fused-ring (bicyclic) bond motifs is 2. The molecule has 2 fully saturated rings. The van der Waals surface area contributed by atoms with Crippen LogP contribution in [0.3, 0.4) is 0 Å². The molecule has 22 heavy (non-hydrogen) atoms. The fraction of sp³-hybridized carbons (Fsp3) is 0.556. The number of anilines is 1. The maximum Gasteiger partial charge on any atom is 0.338 e. The standard InChI is InChI=1S/C18H23NO3/c1-2-22-18(21)14-4-3-5-16(10-14)19-17(20)11-15-9-12-6-7-13(15)8-12/h3-5,10,12-13,15H,2,6-9,11H2,1H3,(H,19,20)/t12-,13+,15-/m0/s1. The van der Waals surface area contributed by atoms with Gasteiger partial charge in [0.15, 0.2) is 0 Å². The molecule has 118 valence electrons. The Bertz CT molecular complexity index is 569. The van der Waals surface area contributed by atoms with Gasteiger partial charge in [-0.3, -0.25) is 4.79 Å². The Kier molecular flexibility index (Phi) is 4.46. The molecule has 0 spiro atoms. The summed E-state index contributed by atoms with van der Waals surface area (Å²) in [6, 6.07) is 6.95. The van der Waals surface area contributed by atoms with Crippen LogP contribution in [0.4, 0.5) is 5.69 Å². The smallest absolute Gasteiger partial charge is 0.338 e. The summed E-state index contributed by atoms with van der Waals surface area (Å²) in [6.45, 7) is 2.12. The zero-order valence-electron chi connectivity index (χ0n) is 13.0. The van der Waals surface area contributed by atoms with Crippen LogP contribution in [0, 0.1) is 17.8 Å². The first-order chi connectivity index (χ1) is 10.7. The average Bonchev–Trinajstić information content (AvgIpc) is 3.10. The number of hydrogen-bond acceptors (Lipinski definition) is 3. The molecule has 0 saturated heterocycles. The van der Waals surface area contributed by atoms with E-state index in [-0.39, 0.29) is 11.9 Å². The van der Waals surface area contributed by atoms with Gasteiger partial charge in [-0.1, -0.05) is 12.5 Å². The minimum absolute atomic E-state index is 0.0542. The molecular weight excluding hydrogens is 278 g/mol. The maximum absolute atomic E-state index is 12.2. The fourth-order valence-electron chi connectivity index (χ4n) is 4.01. The lowest BCUT2D eigenvalue weighted by atomic mass is 9.86. The van der Waals surface area contributed by atoms with Crippen molar-refractivity contribution in [1.29, 1.82) is 0 Å². The lowest BCUT2D eigenvalue weighted by molar-refractivity contribution is -0.117. The summed E-state index contributed by atoms with van der Waals surface area (Å²) >= 11 is 0. The maximum atomic E-state index is 12.2. The van der Waals surface area contributed by atoms with Crippen molar-refractivity contribution in [3.05, 3.63) is 29.8 Å². The number of benzene rings is 1. The highest BCUT2D eigenvalue weighted by molar-refractivity contribution is 5.94. The number of nitrogens with one attached hydrogen (secondary N) is 1. The topological polar surface area (TPSA) is 55.4 Å². The molecule has 0 radical (unpaired) electrons. The molecule has 3 atom stereocenters. The number of rotatable bonds is 5. The van der Waals surface area contributed by atoms with Gasteiger partial charge in [0.25, 0.3) is 0 Å². The molecule has 0 unspecified atom stereocenters. The van der Waals surface area contributed by atoms with Gasteiger partial charge in [-0.05, 0) is 62.1 Å². The molecule has 2 aliphatic rings. The first-order valence-electron chi connectivity index (χ1n) is 8.22. The summed E-state index contributed by atoms with van der Waals surface area (Å²) in [5, 5.41) is 2.92. The lowest BCUT2D eigenvalue weighted by Gasteiger charge is -2.20. The van der Waals surface area contributed by atoms with Crippen molar-refractivity contribution < 1.29 is 14.3 Å². The predicted molar refractivity (Wildman–Crippen MR) is 84.6 cm³/mol. The molecule has 3 rings (SSSR count). The molecule has 0 aliphatic heterocycles. The normalized spacial score (nSPS) is 26.0. The van der Waals surface area contributed by atoms with Crippen LogP contribution in [-0.2, 0) is 9.53 Å². The highest BCUT2D eigenvalue weighted by atomic mass is 16.5. The fourth-order valence-corrected chi connectivity index (χ4v) is 4.01. The highest BCUT2D eigenvalue weighted by Gasteiger charge is 2.40. The van der Waals surface area contributed by atoms with Crippen LogP contribution in [0.1, 0.15) is 49.4 Å². The third-order valence-corrected chi connectivity index (χ3v) is 4.99. The molecule has 2 aliphatic carbocycles. The van der Waals surface area contributed by atoms with Crippen molar-refractivity contribution in [3.8, 4) is 0 Å². The summed E-state index contributed by atoms with van der Waals surface area (Å²) in [6.07, 6.45) is 5.77. The summed E-state index contributed by atoms with van der Waals surface area (Å²) in [5.74, 6) is 1.86. The van der Waals surface area contributed by atoms with E-state index in [1.807, 2.05) is 0 Å². The van der Waals surface area contributed by atoms with Crippen molar-refractivity contribution >= 4 is 17.6 Å². The van der Waals surface area contributed by atoms with E-state index >= 15 is 0 Å². The first kappa shape index (κ1) is 15.1. The molecule has 1 aromatic carbocycles. The second-order valence-corrected chi connectivity index (χ2v) is 6.49. The zero-order valence-corrected chi connectivity index (χ0v) is 13.0. The molecule has 4 nitrogen and oxygen atoms in total. The van der Waals surface area contributed by atoms with Gasteiger partial charge in [0, 0.05) is 12.1 Å². The quantitative estimate of drug-likeness (QED) is 0.845. The van der Waals surface area contributed by atoms with E-state index in [4.69, 9.17) is 4.74 Å². The Hall–Kier alpha value is -1.84. The van der Waals surface area contributed by atoms with Crippen molar-refractivity contribution in [2.45, 2.75) is 39.0 Å². The average molecular weight is 301 g/mol. The van der Waals surface area contributed by atoms with Gasteiger partial charge in [-0.25, -0.2) is 4.79 Å². The summed E-state index contributed by atoms with van der Waals surface area (Å²) in [7, 11) is 0. The molecule has 2 bridgehead atoms. The molecule has 4 heteroatoms. The van der Waals surface area contributed by atoms with Crippen LogP contribution in [0.15, 0.2) is 24.3 Å². The van der Waals surface area contributed by atoms with Gasteiger partial charge in [0.05, 0.1) is 12.2 Å². The molecular formula is C18H23NO3. The van der Waals surface area contributed by atoms with Gasteiger partial charge < -0.3 is 10.1 Å². The Morgan fingerprint density at radius 3 is 2.82 bits per heavy atom.